The Hall–Kier alpha value is -1.37. The van der Waals surface area contributed by atoms with Crippen LogP contribution in [0, 0.1) is 6.92 Å². The third-order valence-corrected chi connectivity index (χ3v) is 3.60. The molecule has 0 saturated carbocycles. The summed E-state index contributed by atoms with van der Waals surface area (Å²) in [5.41, 5.74) is 1.83. The van der Waals surface area contributed by atoms with E-state index in [1.807, 2.05) is 0 Å². The van der Waals surface area contributed by atoms with Crippen molar-refractivity contribution in [3.8, 4) is 0 Å². The molecule has 102 valence electrons. The molecule has 0 fully saturated rings. The Morgan fingerprint density at radius 1 is 1.47 bits per heavy atom. The van der Waals surface area contributed by atoms with Gasteiger partial charge in [-0.05, 0) is 17.7 Å². The number of rotatable bonds is 4. The Morgan fingerprint density at radius 3 is 2.89 bits per heavy atom. The molecule has 0 spiro atoms. The van der Waals surface area contributed by atoms with Crippen LogP contribution in [0.4, 0.5) is 0 Å². The van der Waals surface area contributed by atoms with Gasteiger partial charge >= 0.3 is 0 Å². The van der Waals surface area contributed by atoms with Gasteiger partial charge in [0.25, 0.3) is 0 Å². The summed E-state index contributed by atoms with van der Waals surface area (Å²) < 4.78 is 5.34. The number of aryl methyl sites for hydroxylation is 1. The van der Waals surface area contributed by atoms with Crippen LogP contribution < -0.4 is 0 Å². The van der Waals surface area contributed by atoms with Crippen molar-refractivity contribution in [2.75, 3.05) is 5.75 Å². The summed E-state index contributed by atoms with van der Waals surface area (Å²) in [7, 11) is 0. The molecule has 6 heteroatoms. The highest BCUT2D eigenvalue weighted by Crippen LogP contribution is 2.24. The molecule has 0 saturated heterocycles. The molecule has 5 nitrogen and oxygen atoms in total. The third kappa shape index (κ3) is 3.34. The summed E-state index contributed by atoms with van der Waals surface area (Å²) in [5, 5.41) is 19.8. The standard InChI is InChI=1S/C13H15NO4S/c1-7-14-10-5-9(3-4-12(10)18-7)13(17)11(16)6-19-8(2)15/h3-5,11,13,16-17H,6H2,1-2H3. The lowest BCUT2D eigenvalue weighted by Crippen LogP contribution is -2.21. The van der Waals surface area contributed by atoms with E-state index >= 15 is 0 Å². The van der Waals surface area contributed by atoms with Crippen LogP contribution in [0.2, 0.25) is 0 Å². The normalized spacial score (nSPS) is 14.5. The topological polar surface area (TPSA) is 83.6 Å². The molecule has 2 rings (SSSR count). The van der Waals surface area contributed by atoms with Crippen LogP contribution in [-0.2, 0) is 4.79 Å². The Balaban J connectivity index is 2.15. The van der Waals surface area contributed by atoms with Crippen molar-refractivity contribution in [3.05, 3.63) is 29.7 Å². The fourth-order valence-corrected chi connectivity index (χ4v) is 2.35. The smallest absolute Gasteiger partial charge is 0.192 e. The molecule has 2 unspecified atom stereocenters. The molecule has 0 bridgehead atoms. The number of hydrogen-bond acceptors (Lipinski definition) is 6. The van der Waals surface area contributed by atoms with Crippen LogP contribution in [0.5, 0.6) is 0 Å². The molecule has 2 aromatic rings. The van der Waals surface area contributed by atoms with Gasteiger partial charge < -0.3 is 14.6 Å². The highest BCUT2D eigenvalue weighted by atomic mass is 32.2. The largest absolute Gasteiger partial charge is 0.441 e. The van der Waals surface area contributed by atoms with Crippen molar-refractivity contribution in [3.63, 3.8) is 0 Å². The number of benzene rings is 1. The van der Waals surface area contributed by atoms with E-state index in [0.29, 0.717) is 22.6 Å². The van der Waals surface area contributed by atoms with Crippen LogP contribution in [0.1, 0.15) is 24.5 Å². The summed E-state index contributed by atoms with van der Waals surface area (Å²) in [4.78, 5) is 15.0. The molecular formula is C13H15NO4S. The van der Waals surface area contributed by atoms with Gasteiger partial charge in [-0.1, -0.05) is 17.8 Å². The van der Waals surface area contributed by atoms with Gasteiger partial charge in [0, 0.05) is 19.6 Å². The minimum atomic E-state index is -1.05. The lowest BCUT2D eigenvalue weighted by molar-refractivity contribution is -0.109. The second-order valence-corrected chi connectivity index (χ2v) is 5.47. The van der Waals surface area contributed by atoms with E-state index in [9.17, 15) is 15.0 Å². The molecule has 0 radical (unpaired) electrons. The number of nitrogens with zero attached hydrogens (tertiary/aromatic N) is 1. The van der Waals surface area contributed by atoms with Crippen LogP contribution in [0.3, 0.4) is 0 Å². The van der Waals surface area contributed by atoms with E-state index in [1.165, 1.54) is 6.92 Å². The van der Waals surface area contributed by atoms with Gasteiger partial charge in [-0.3, -0.25) is 4.79 Å². The molecule has 0 aliphatic carbocycles. The van der Waals surface area contributed by atoms with Crippen molar-refractivity contribution < 1.29 is 19.4 Å². The van der Waals surface area contributed by atoms with Gasteiger partial charge in [0.15, 0.2) is 16.6 Å². The van der Waals surface area contributed by atoms with E-state index in [2.05, 4.69) is 4.98 Å². The Morgan fingerprint density at radius 2 is 2.21 bits per heavy atom. The number of oxazole rings is 1. The molecular weight excluding hydrogens is 266 g/mol. The molecule has 0 aliphatic heterocycles. The minimum Gasteiger partial charge on any atom is -0.441 e. The average Bonchev–Trinajstić information content (AvgIpc) is 2.73. The number of aromatic nitrogens is 1. The fraction of sp³-hybridized carbons (Fsp3) is 0.385. The van der Waals surface area contributed by atoms with E-state index in [1.54, 1.807) is 25.1 Å². The molecule has 0 aliphatic rings. The zero-order valence-corrected chi connectivity index (χ0v) is 11.5. The maximum atomic E-state index is 10.8. The van der Waals surface area contributed by atoms with Crippen LogP contribution in [0.25, 0.3) is 11.1 Å². The minimum absolute atomic E-state index is 0.0890. The number of carbonyl (C=O) groups is 1. The zero-order chi connectivity index (χ0) is 14.0. The highest BCUT2D eigenvalue weighted by molar-refractivity contribution is 8.13. The highest BCUT2D eigenvalue weighted by Gasteiger charge is 2.20. The summed E-state index contributed by atoms with van der Waals surface area (Å²) in [6.07, 6.45) is -2.05. The number of hydrogen-bond donors (Lipinski definition) is 2. The lowest BCUT2D eigenvalue weighted by atomic mass is 10.1. The monoisotopic (exact) mass is 281 g/mol. The quantitative estimate of drug-likeness (QED) is 0.889. The first-order chi connectivity index (χ1) is 8.97. The predicted molar refractivity (Wildman–Crippen MR) is 72.9 cm³/mol. The van der Waals surface area contributed by atoms with Gasteiger partial charge in [-0.2, -0.15) is 0 Å². The first-order valence-electron chi connectivity index (χ1n) is 5.84. The van der Waals surface area contributed by atoms with E-state index < -0.39 is 12.2 Å². The van der Waals surface area contributed by atoms with Crippen LogP contribution in [-0.4, -0.2) is 32.2 Å². The second-order valence-electron chi connectivity index (χ2n) is 4.27. The van der Waals surface area contributed by atoms with E-state index in [-0.39, 0.29) is 10.9 Å². The SMILES string of the molecule is CC(=O)SCC(O)C(O)c1ccc2oc(C)nc2c1. The van der Waals surface area contributed by atoms with Crippen molar-refractivity contribution in [1.29, 1.82) is 0 Å². The number of fused-ring (bicyclic) bond motifs is 1. The van der Waals surface area contributed by atoms with Crippen molar-refractivity contribution in [2.45, 2.75) is 26.1 Å². The van der Waals surface area contributed by atoms with Gasteiger partial charge in [-0.15, -0.1) is 0 Å². The van der Waals surface area contributed by atoms with Crippen molar-refractivity contribution in [1.82, 2.24) is 4.98 Å². The number of thioether (sulfide) groups is 1. The van der Waals surface area contributed by atoms with Gasteiger partial charge in [-0.25, -0.2) is 4.98 Å². The molecule has 0 amide bonds. The molecule has 2 atom stereocenters. The molecule has 1 aromatic heterocycles. The average molecular weight is 281 g/mol. The molecule has 1 heterocycles. The molecule has 2 N–H and O–H groups in total. The second kappa shape index (κ2) is 5.73. The fourth-order valence-electron chi connectivity index (χ4n) is 1.76. The maximum absolute atomic E-state index is 10.8. The van der Waals surface area contributed by atoms with Gasteiger partial charge in [0.2, 0.25) is 0 Å². The van der Waals surface area contributed by atoms with Crippen LogP contribution in [0.15, 0.2) is 22.6 Å². The number of carbonyl (C=O) groups excluding carboxylic acids is 1. The summed E-state index contributed by atoms with van der Waals surface area (Å²) in [5.74, 6) is 0.709. The van der Waals surface area contributed by atoms with Gasteiger partial charge in [0.1, 0.15) is 11.6 Å². The van der Waals surface area contributed by atoms with Crippen molar-refractivity contribution in [2.24, 2.45) is 0 Å². The summed E-state index contributed by atoms with van der Waals surface area (Å²) >= 11 is 0.987. The number of aliphatic hydroxyl groups is 2. The lowest BCUT2D eigenvalue weighted by Gasteiger charge is -2.17. The number of aliphatic hydroxyl groups excluding tert-OH is 2. The Kier molecular flexibility index (Phi) is 4.24. The molecule has 1 aromatic carbocycles. The zero-order valence-electron chi connectivity index (χ0n) is 10.7. The van der Waals surface area contributed by atoms with E-state index in [0.717, 1.165) is 11.8 Å². The first kappa shape index (κ1) is 14.0. The Labute approximate surface area is 114 Å². The predicted octanol–water partition coefficient (Wildman–Crippen LogP) is 1.81. The van der Waals surface area contributed by atoms with E-state index in [4.69, 9.17) is 4.42 Å². The van der Waals surface area contributed by atoms with Gasteiger partial charge in [0.05, 0.1) is 6.10 Å². The Bertz CT molecular complexity index is 595. The molecule has 19 heavy (non-hydrogen) atoms. The summed E-state index contributed by atoms with van der Waals surface area (Å²) in [6.45, 7) is 3.17. The summed E-state index contributed by atoms with van der Waals surface area (Å²) in [6, 6.07) is 5.07. The van der Waals surface area contributed by atoms with Crippen LogP contribution >= 0.6 is 11.8 Å². The third-order valence-electron chi connectivity index (χ3n) is 2.68. The first-order valence-corrected chi connectivity index (χ1v) is 6.82. The maximum Gasteiger partial charge on any atom is 0.192 e. The van der Waals surface area contributed by atoms with Crippen molar-refractivity contribution >= 4 is 28.0 Å².